The van der Waals surface area contributed by atoms with Crippen molar-refractivity contribution in [3.63, 3.8) is 0 Å². The molecule has 1 aromatic heterocycles. The van der Waals surface area contributed by atoms with Crippen LogP contribution >= 0.6 is 0 Å². The van der Waals surface area contributed by atoms with Crippen molar-refractivity contribution in [1.82, 2.24) is 9.78 Å². The number of hydrogen-bond donors (Lipinski definition) is 0. The lowest BCUT2D eigenvalue weighted by atomic mass is 9.98. The summed E-state index contributed by atoms with van der Waals surface area (Å²) < 4.78 is 1.74. The summed E-state index contributed by atoms with van der Waals surface area (Å²) in [5, 5.41) is 14.4. The van der Waals surface area contributed by atoms with Crippen LogP contribution in [0, 0.1) is 17.2 Å². The van der Waals surface area contributed by atoms with Crippen molar-refractivity contribution in [2.45, 2.75) is 6.42 Å². The predicted octanol–water partition coefficient (Wildman–Crippen LogP) is 4.43. The average molecular weight is 432 g/mol. The molecule has 1 amide bonds. The van der Waals surface area contributed by atoms with Crippen LogP contribution in [0.1, 0.15) is 21.6 Å². The summed E-state index contributed by atoms with van der Waals surface area (Å²) in [5.41, 5.74) is 5.27. The number of Topliss-reactive ketones (excluding diaryl/α,β-unsaturated/α-hetero) is 1. The molecule has 1 heterocycles. The molecular weight excluding hydrogens is 412 g/mol. The second-order valence-electron chi connectivity index (χ2n) is 7.92. The van der Waals surface area contributed by atoms with Crippen LogP contribution in [0.25, 0.3) is 16.9 Å². The van der Waals surface area contributed by atoms with E-state index in [1.165, 1.54) is 4.90 Å². The number of fused-ring (bicyclic) bond motifs is 3. The molecule has 1 atom stereocenters. The third-order valence-electron chi connectivity index (χ3n) is 5.97. The highest BCUT2D eigenvalue weighted by molar-refractivity contribution is 6.16. The highest BCUT2D eigenvalue weighted by Crippen LogP contribution is 2.40. The summed E-state index contributed by atoms with van der Waals surface area (Å²) in [6, 6.07) is 28.4. The third-order valence-corrected chi connectivity index (χ3v) is 5.97. The van der Waals surface area contributed by atoms with E-state index >= 15 is 0 Å². The van der Waals surface area contributed by atoms with Crippen LogP contribution in [-0.4, -0.2) is 28.5 Å². The Morgan fingerprint density at radius 2 is 1.61 bits per heavy atom. The minimum absolute atomic E-state index is 0.173. The maximum Gasteiger partial charge on any atom is 0.252 e. The van der Waals surface area contributed by atoms with E-state index in [1.807, 2.05) is 66.7 Å². The second-order valence-corrected chi connectivity index (χ2v) is 7.92. The maximum absolute atomic E-state index is 13.6. The van der Waals surface area contributed by atoms with Gasteiger partial charge in [-0.05, 0) is 29.8 Å². The normalized spacial score (nSPS) is 12.4. The van der Waals surface area contributed by atoms with E-state index in [0.717, 1.165) is 28.1 Å². The first-order valence-electron chi connectivity index (χ1n) is 10.6. The number of nitriles is 1. The Morgan fingerprint density at radius 3 is 2.30 bits per heavy atom. The molecule has 0 fully saturated rings. The fourth-order valence-electron chi connectivity index (χ4n) is 4.28. The maximum atomic E-state index is 13.6. The van der Waals surface area contributed by atoms with Crippen LogP contribution < -0.4 is 4.90 Å². The van der Waals surface area contributed by atoms with Gasteiger partial charge in [0, 0.05) is 30.3 Å². The molecule has 0 radical (unpaired) electrons. The van der Waals surface area contributed by atoms with Gasteiger partial charge in [-0.3, -0.25) is 9.59 Å². The van der Waals surface area contributed by atoms with Gasteiger partial charge < -0.3 is 4.90 Å². The van der Waals surface area contributed by atoms with Gasteiger partial charge in [0.1, 0.15) is 5.69 Å². The van der Waals surface area contributed by atoms with Crippen LogP contribution in [0.2, 0.25) is 0 Å². The van der Waals surface area contributed by atoms with Crippen LogP contribution in [0.4, 0.5) is 5.69 Å². The van der Waals surface area contributed by atoms with Gasteiger partial charge >= 0.3 is 0 Å². The lowest BCUT2D eigenvalue weighted by molar-refractivity contribution is -0.119. The van der Waals surface area contributed by atoms with E-state index in [1.54, 1.807) is 36.0 Å². The molecule has 6 nitrogen and oxygen atoms in total. The number of anilines is 1. The zero-order valence-electron chi connectivity index (χ0n) is 18.0. The summed E-state index contributed by atoms with van der Waals surface area (Å²) >= 11 is 0. The average Bonchev–Trinajstić information content (AvgIpc) is 3.42. The number of aromatic nitrogens is 2. The molecule has 0 saturated heterocycles. The standard InChI is InChI=1S/C27H20N4O2/c1-30(19-11-4-2-5-12-19)27(33)23(17-28)26(32)24-22-16-18-10-8-9-15-21(18)25(22)31(29-24)20-13-6-3-7-14-20/h2-15,23H,16H2,1H3. The van der Waals surface area contributed by atoms with E-state index < -0.39 is 17.6 Å². The highest BCUT2D eigenvalue weighted by Gasteiger charge is 2.37. The van der Waals surface area contributed by atoms with Crippen LogP contribution in [-0.2, 0) is 11.2 Å². The molecule has 0 saturated carbocycles. The van der Waals surface area contributed by atoms with Gasteiger partial charge in [-0.15, -0.1) is 0 Å². The Labute approximate surface area is 191 Å². The zero-order valence-corrected chi connectivity index (χ0v) is 18.0. The molecule has 0 aliphatic heterocycles. The molecule has 3 aromatic carbocycles. The quantitative estimate of drug-likeness (QED) is 0.304. The molecule has 0 N–H and O–H groups in total. The minimum atomic E-state index is -1.48. The van der Waals surface area contributed by atoms with Gasteiger partial charge in [-0.1, -0.05) is 60.7 Å². The van der Waals surface area contributed by atoms with Gasteiger partial charge in [-0.25, -0.2) is 4.68 Å². The van der Waals surface area contributed by atoms with Crippen molar-refractivity contribution in [3.8, 4) is 23.0 Å². The molecule has 1 unspecified atom stereocenters. The lowest BCUT2D eigenvalue weighted by Gasteiger charge is -2.19. The molecular formula is C27H20N4O2. The molecule has 0 bridgehead atoms. The van der Waals surface area contributed by atoms with E-state index in [9.17, 15) is 14.9 Å². The van der Waals surface area contributed by atoms with Crippen LogP contribution in [0.15, 0.2) is 84.9 Å². The first-order chi connectivity index (χ1) is 16.1. The Morgan fingerprint density at radius 1 is 0.970 bits per heavy atom. The molecule has 0 spiro atoms. The van der Waals surface area contributed by atoms with Crippen molar-refractivity contribution in [2.24, 2.45) is 5.92 Å². The van der Waals surface area contributed by atoms with E-state index in [0.29, 0.717) is 12.1 Å². The number of hydrogen-bond acceptors (Lipinski definition) is 4. The monoisotopic (exact) mass is 432 g/mol. The van der Waals surface area contributed by atoms with Crippen molar-refractivity contribution >= 4 is 17.4 Å². The largest absolute Gasteiger partial charge is 0.314 e. The number of amides is 1. The van der Waals surface area contributed by atoms with Crippen LogP contribution in [0.5, 0.6) is 0 Å². The number of carbonyl (C=O) groups excluding carboxylic acids is 2. The van der Waals surface area contributed by atoms with Crippen molar-refractivity contribution < 1.29 is 9.59 Å². The smallest absolute Gasteiger partial charge is 0.252 e. The number of benzene rings is 3. The molecule has 33 heavy (non-hydrogen) atoms. The van der Waals surface area contributed by atoms with Gasteiger partial charge in [0.15, 0.2) is 5.92 Å². The van der Waals surface area contributed by atoms with E-state index in [2.05, 4.69) is 5.10 Å². The van der Waals surface area contributed by atoms with Crippen molar-refractivity contribution in [2.75, 3.05) is 11.9 Å². The SMILES string of the molecule is CN(C(=O)C(C#N)C(=O)c1nn(-c2ccccc2)c2c1Cc1ccccc1-2)c1ccccc1. The van der Waals surface area contributed by atoms with Crippen LogP contribution in [0.3, 0.4) is 0 Å². The lowest BCUT2D eigenvalue weighted by Crippen LogP contribution is -2.36. The summed E-state index contributed by atoms with van der Waals surface area (Å²) in [7, 11) is 1.57. The molecule has 6 heteroatoms. The Bertz CT molecular complexity index is 1400. The molecule has 160 valence electrons. The van der Waals surface area contributed by atoms with Crippen molar-refractivity contribution in [1.29, 1.82) is 5.26 Å². The fourth-order valence-corrected chi connectivity index (χ4v) is 4.28. The second kappa shape index (κ2) is 8.21. The number of carbonyl (C=O) groups is 2. The summed E-state index contributed by atoms with van der Waals surface area (Å²) in [5.74, 6) is -2.64. The third kappa shape index (κ3) is 3.40. The van der Waals surface area contributed by atoms with Crippen molar-refractivity contribution in [3.05, 3.63) is 102 Å². The summed E-state index contributed by atoms with van der Waals surface area (Å²) in [4.78, 5) is 28.0. The topological polar surface area (TPSA) is 79.0 Å². The minimum Gasteiger partial charge on any atom is -0.314 e. The number of ketones is 1. The first kappa shape index (κ1) is 20.4. The zero-order chi connectivity index (χ0) is 22.9. The molecule has 1 aliphatic rings. The predicted molar refractivity (Wildman–Crippen MR) is 125 cm³/mol. The summed E-state index contributed by atoms with van der Waals surface area (Å²) in [6.07, 6.45) is 0.528. The number of para-hydroxylation sites is 2. The molecule has 5 rings (SSSR count). The van der Waals surface area contributed by atoms with Gasteiger partial charge in [0.05, 0.1) is 17.5 Å². The van der Waals surface area contributed by atoms with Gasteiger partial charge in [-0.2, -0.15) is 10.4 Å². The number of nitrogens with zero attached hydrogens (tertiary/aromatic N) is 4. The van der Waals surface area contributed by atoms with Gasteiger partial charge in [0.2, 0.25) is 5.78 Å². The van der Waals surface area contributed by atoms with E-state index in [-0.39, 0.29) is 5.69 Å². The molecule has 1 aliphatic carbocycles. The number of rotatable bonds is 5. The Kier molecular flexibility index (Phi) is 5.08. The summed E-state index contributed by atoms with van der Waals surface area (Å²) in [6.45, 7) is 0. The molecule has 4 aromatic rings. The Balaban J connectivity index is 1.58. The first-order valence-corrected chi connectivity index (χ1v) is 10.6. The fraction of sp³-hybridized carbons (Fsp3) is 0.111. The Hall–Kier alpha value is -4.50. The van der Waals surface area contributed by atoms with Gasteiger partial charge in [0.25, 0.3) is 5.91 Å². The highest BCUT2D eigenvalue weighted by atomic mass is 16.2. The van der Waals surface area contributed by atoms with E-state index in [4.69, 9.17) is 0 Å².